The van der Waals surface area contributed by atoms with Crippen LogP contribution in [0.5, 0.6) is 5.75 Å². The first-order chi connectivity index (χ1) is 13.4. The molecular formula is C18H13F6NO4. The Labute approximate surface area is 159 Å². The average Bonchev–Trinajstić information content (AvgIpc) is 2.63. The summed E-state index contributed by atoms with van der Waals surface area (Å²) in [4.78, 5) is 22.7. The molecule has 0 aromatic heterocycles. The first kappa shape index (κ1) is 22.1. The third kappa shape index (κ3) is 6.40. The van der Waals surface area contributed by atoms with Crippen molar-refractivity contribution in [3.8, 4) is 5.75 Å². The fraction of sp³-hybridized carbons (Fsp3) is 0.222. The quantitative estimate of drug-likeness (QED) is 0.645. The number of rotatable bonds is 7. The van der Waals surface area contributed by atoms with Gasteiger partial charge in [-0.15, -0.1) is 0 Å². The van der Waals surface area contributed by atoms with E-state index in [1.165, 1.54) is 24.3 Å². The Morgan fingerprint density at radius 1 is 0.931 bits per heavy atom. The first-order valence-corrected chi connectivity index (χ1v) is 7.87. The van der Waals surface area contributed by atoms with E-state index in [2.05, 4.69) is 5.32 Å². The van der Waals surface area contributed by atoms with Crippen molar-refractivity contribution in [1.29, 1.82) is 0 Å². The van der Waals surface area contributed by atoms with Crippen molar-refractivity contribution in [2.75, 3.05) is 18.5 Å². The maximum absolute atomic E-state index is 12.8. The molecule has 0 aliphatic rings. The number of carboxylic acid groups (broad SMARTS) is 1. The number of ether oxygens (including phenoxy) is 1. The fourth-order valence-corrected chi connectivity index (χ4v) is 2.19. The summed E-state index contributed by atoms with van der Waals surface area (Å²) in [7, 11) is 0. The lowest BCUT2D eigenvalue weighted by Gasteiger charge is -2.14. The van der Waals surface area contributed by atoms with Gasteiger partial charge in [0.2, 0.25) is 0 Å². The van der Waals surface area contributed by atoms with Crippen LogP contribution in [0.15, 0.2) is 42.5 Å². The predicted molar refractivity (Wildman–Crippen MR) is 88.8 cm³/mol. The molecule has 0 spiro atoms. The van der Waals surface area contributed by atoms with Crippen LogP contribution in [0, 0.1) is 0 Å². The number of hydrogen-bond acceptors (Lipinski definition) is 4. The topological polar surface area (TPSA) is 75.6 Å². The van der Waals surface area contributed by atoms with E-state index in [4.69, 9.17) is 9.84 Å². The van der Waals surface area contributed by atoms with Crippen LogP contribution in [0.3, 0.4) is 0 Å². The van der Waals surface area contributed by atoms with Gasteiger partial charge < -0.3 is 15.2 Å². The number of aromatic carboxylic acids is 1. The second-order valence-electron chi connectivity index (χ2n) is 5.81. The molecule has 11 heteroatoms. The van der Waals surface area contributed by atoms with Crippen molar-refractivity contribution >= 4 is 17.4 Å². The normalized spacial score (nSPS) is 11.8. The lowest BCUT2D eigenvalue weighted by Crippen LogP contribution is -2.21. The maximum Gasteiger partial charge on any atom is 0.416 e. The number of carbonyl (C=O) groups excluding carboxylic acids is 1. The van der Waals surface area contributed by atoms with E-state index in [0.29, 0.717) is 12.1 Å². The Hall–Kier alpha value is -3.24. The third-order valence-electron chi connectivity index (χ3n) is 3.56. The zero-order chi connectivity index (χ0) is 21.8. The van der Waals surface area contributed by atoms with Gasteiger partial charge >= 0.3 is 18.3 Å². The number of halogens is 6. The molecule has 0 radical (unpaired) electrons. The van der Waals surface area contributed by atoms with Gasteiger partial charge in [0.25, 0.3) is 0 Å². The Bertz CT molecular complexity index is 876. The number of ketones is 1. The van der Waals surface area contributed by atoms with E-state index >= 15 is 0 Å². The van der Waals surface area contributed by atoms with Gasteiger partial charge in [-0.1, -0.05) is 6.07 Å². The Morgan fingerprint density at radius 2 is 1.52 bits per heavy atom. The van der Waals surface area contributed by atoms with Gasteiger partial charge in [-0.2, -0.15) is 26.3 Å². The van der Waals surface area contributed by atoms with Crippen molar-refractivity contribution in [3.05, 3.63) is 59.2 Å². The van der Waals surface area contributed by atoms with Crippen LogP contribution in [-0.4, -0.2) is 30.0 Å². The standard InChI is InChI=1S/C18H13F6NO4/c19-17(20,21)11-5-12(18(22,23)24)7-15(6-11)29-9-14(26)8-25-13-3-1-2-10(4-13)16(27)28/h1-7,25H,8-9H2,(H,27,28). The summed E-state index contributed by atoms with van der Waals surface area (Å²) in [6.45, 7) is -1.17. The highest BCUT2D eigenvalue weighted by molar-refractivity contribution is 5.89. The molecule has 5 nitrogen and oxygen atoms in total. The van der Waals surface area contributed by atoms with Gasteiger partial charge in [-0.3, -0.25) is 4.79 Å². The van der Waals surface area contributed by atoms with Crippen molar-refractivity contribution < 1.29 is 45.8 Å². The molecule has 0 heterocycles. The first-order valence-electron chi connectivity index (χ1n) is 7.87. The molecule has 0 aliphatic heterocycles. The van der Waals surface area contributed by atoms with E-state index in [1.54, 1.807) is 0 Å². The third-order valence-corrected chi connectivity index (χ3v) is 3.56. The van der Waals surface area contributed by atoms with Gasteiger partial charge in [0.1, 0.15) is 12.4 Å². The summed E-state index contributed by atoms with van der Waals surface area (Å²) < 4.78 is 81.6. The number of carbonyl (C=O) groups is 2. The molecule has 0 amide bonds. The largest absolute Gasteiger partial charge is 0.486 e. The SMILES string of the molecule is O=C(CNc1cccc(C(=O)O)c1)COc1cc(C(F)(F)F)cc(C(F)(F)F)c1. The van der Waals surface area contributed by atoms with E-state index in [1.807, 2.05) is 0 Å². The van der Waals surface area contributed by atoms with Crippen LogP contribution in [0.4, 0.5) is 32.0 Å². The van der Waals surface area contributed by atoms with Gasteiger partial charge in [-0.05, 0) is 36.4 Å². The minimum Gasteiger partial charge on any atom is -0.486 e. The molecule has 2 N–H and O–H groups in total. The molecule has 2 aromatic rings. The molecule has 0 aliphatic carbocycles. The van der Waals surface area contributed by atoms with Crippen LogP contribution < -0.4 is 10.1 Å². The molecule has 156 valence electrons. The lowest BCUT2D eigenvalue weighted by molar-refractivity contribution is -0.143. The molecule has 29 heavy (non-hydrogen) atoms. The number of anilines is 1. The second kappa shape index (κ2) is 8.41. The summed E-state index contributed by atoms with van der Waals surface area (Å²) in [5.74, 6) is -2.63. The van der Waals surface area contributed by atoms with Crippen molar-refractivity contribution in [3.63, 3.8) is 0 Å². The average molecular weight is 421 g/mol. The monoisotopic (exact) mass is 421 g/mol. The Morgan fingerprint density at radius 3 is 2.03 bits per heavy atom. The highest BCUT2D eigenvalue weighted by atomic mass is 19.4. The predicted octanol–water partition coefficient (Wildman–Crippen LogP) is 4.48. The number of hydrogen-bond donors (Lipinski definition) is 2. The van der Waals surface area contributed by atoms with Crippen LogP contribution in [0.25, 0.3) is 0 Å². The van der Waals surface area contributed by atoms with Gasteiger partial charge in [0.15, 0.2) is 5.78 Å². The zero-order valence-electron chi connectivity index (χ0n) is 14.4. The van der Waals surface area contributed by atoms with Gasteiger partial charge in [0, 0.05) is 5.69 Å². The van der Waals surface area contributed by atoms with Crippen molar-refractivity contribution in [1.82, 2.24) is 0 Å². The number of Topliss-reactive ketones (excluding diaryl/α,β-unsaturated/α-hetero) is 1. The van der Waals surface area contributed by atoms with Crippen LogP contribution >= 0.6 is 0 Å². The molecule has 0 saturated heterocycles. The Kier molecular flexibility index (Phi) is 6.40. The van der Waals surface area contributed by atoms with E-state index in [0.717, 1.165) is 0 Å². The van der Waals surface area contributed by atoms with Crippen molar-refractivity contribution in [2.24, 2.45) is 0 Å². The summed E-state index contributed by atoms with van der Waals surface area (Å²) in [6.07, 6.45) is -10.1. The summed E-state index contributed by atoms with van der Waals surface area (Å²) in [6, 6.07) is 6.16. The van der Waals surface area contributed by atoms with Gasteiger partial charge in [0.05, 0.1) is 23.2 Å². The van der Waals surface area contributed by atoms with Crippen LogP contribution in [0.1, 0.15) is 21.5 Å². The highest BCUT2D eigenvalue weighted by Crippen LogP contribution is 2.38. The highest BCUT2D eigenvalue weighted by Gasteiger charge is 2.37. The minimum atomic E-state index is -5.03. The molecule has 0 unspecified atom stereocenters. The molecule has 2 rings (SSSR count). The lowest BCUT2D eigenvalue weighted by atomic mass is 10.1. The minimum absolute atomic E-state index is 0.0395. The van der Waals surface area contributed by atoms with E-state index < -0.39 is 47.6 Å². The smallest absolute Gasteiger partial charge is 0.416 e. The summed E-state index contributed by atoms with van der Waals surface area (Å²) in [5, 5.41) is 11.5. The van der Waals surface area contributed by atoms with Gasteiger partial charge in [-0.25, -0.2) is 4.79 Å². The van der Waals surface area contributed by atoms with Crippen LogP contribution in [0.2, 0.25) is 0 Å². The fourth-order valence-electron chi connectivity index (χ4n) is 2.19. The number of nitrogens with one attached hydrogen (secondary N) is 1. The molecule has 0 atom stereocenters. The Balaban J connectivity index is 2.04. The number of alkyl halides is 6. The zero-order valence-corrected chi connectivity index (χ0v) is 14.4. The molecular weight excluding hydrogens is 408 g/mol. The maximum atomic E-state index is 12.8. The molecule has 0 fully saturated rings. The van der Waals surface area contributed by atoms with E-state index in [9.17, 15) is 35.9 Å². The molecule has 0 bridgehead atoms. The number of benzene rings is 2. The van der Waals surface area contributed by atoms with Crippen molar-refractivity contribution in [2.45, 2.75) is 12.4 Å². The van der Waals surface area contributed by atoms with E-state index in [-0.39, 0.29) is 23.9 Å². The molecule has 2 aromatic carbocycles. The number of carboxylic acids is 1. The molecule has 0 saturated carbocycles. The second-order valence-corrected chi connectivity index (χ2v) is 5.81. The summed E-state index contributed by atoms with van der Waals surface area (Å²) >= 11 is 0. The van der Waals surface area contributed by atoms with Crippen LogP contribution in [-0.2, 0) is 17.1 Å². The summed E-state index contributed by atoms with van der Waals surface area (Å²) in [5.41, 5.74) is -2.87.